The molecule has 7 nitrogen and oxygen atoms in total. The average Bonchev–Trinajstić information content (AvgIpc) is 3.01. The van der Waals surface area contributed by atoms with Crippen LogP contribution < -0.4 is 5.32 Å². The molecular weight excluding hydrogens is 400 g/mol. The van der Waals surface area contributed by atoms with E-state index in [-0.39, 0.29) is 10.8 Å². The lowest BCUT2D eigenvalue weighted by Gasteiger charge is -2.10. The summed E-state index contributed by atoms with van der Waals surface area (Å²) in [6.45, 7) is 1.84. The summed E-state index contributed by atoms with van der Waals surface area (Å²) in [7, 11) is -1.51. The Hall–Kier alpha value is -3.52. The van der Waals surface area contributed by atoms with Gasteiger partial charge in [-0.15, -0.1) is 0 Å². The van der Waals surface area contributed by atoms with E-state index in [1.54, 1.807) is 29.9 Å². The smallest absolute Gasteiger partial charge is 0.256 e. The molecule has 0 atom stereocenters. The summed E-state index contributed by atoms with van der Waals surface area (Å²) < 4.78 is 24.9. The van der Waals surface area contributed by atoms with Gasteiger partial charge in [0.25, 0.3) is 5.91 Å². The van der Waals surface area contributed by atoms with Gasteiger partial charge in [0.1, 0.15) is 0 Å². The second-order valence-electron chi connectivity index (χ2n) is 7.08. The van der Waals surface area contributed by atoms with Gasteiger partial charge in [-0.1, -0.05) is 30.3 Å². The quantitative estimate of drug-likeness (QED) is 0.544. The fourth-order valence-electron chi connectivity index (χ4n) is 3.36. The first-order valence-electron chi connectivity index (χ1n) is 9.25. The molecule has 4 aromatic rings. The molecule has 30 heavy (non-hydrogen) atoms. The van der Waals surface area contributed by atoms with Crippen molar-refractivity contribution >= 4 is 32.5 Å². The molecule has 2 heterocycles. The predicted octanol–water partition coefficient (Wildman–Crippen LogP) is 3.60. The number of nitrogens with one attached hydrogen (secondary N) is 1. The fourth-order valence-corrected chi connectivity index (χ4v) is 4.00. The summed E-state index contributed by atoms with van der Waals surface area (Å²) in [4.78, 5) is 18.1. The first-order chi connectivity index (χ1) is 14.2. The summed E-state index contributed by atoms with van der Waals surface area (Å²) in [5.41, 5.74) is 3.84. The molecule has 0 fully saturated rings. The molecule has 0 aliphatic rings. The zero-order valence-corrected chi connectivity index (χ0v) is 17.6. The summed E-state index contributed by atoms with van der Waals surface area (Å²) in [5.74, 6) is -0.317. The summed E-state index contributed by atoms with van der Waals surface area (Å²) in [6, 6.07) is 17.5. The molecule has 0 unspecified atom stereocenters. The van der Waals surface area contributed by atoms with Crippen molar-refractivity contribution in [3.05, 3.63) is 71.9 Å². The Morgan fingerprint density at radius 1 is 1.03 bits per heavy atom. The molecule has 1 N–H and O–H groups in total. The van der Waals surface area contributed by atoms with Crippen LogP contribution in [0.15, 0.2) is 65.6 Å². The third kappa shape index (κ3) is 3.69. The molecule has 2 aromatic carbocycles. The van der Waals surface area contributed by atoms with E-state index in [4.69, 9.17) is 4.98 Å². The Morgan fingerprint density at radius 2 is 1.70 bits per heavy atom. The molecule has 0 spiro atoms. The van der Waals surface area contributed by atoms with Crippen LogP contribution in [0.25, 0.3) is 22.3 Å². The lowest BCUT2D eigenvalue weighted by Crippen LogP contribution is -2.13. The Bertz CT molecular complexity index is 1360. The highest BCUT2D eigenvalue weighted by atomic mass is 32.2. The number of carbonyl (C=O) groups is 1. The number of anilines is 1. The maximum atomic E-state index is 13.2. The van der Waals surface area contributed by atoms with E-state index in [0.29, 0.717) is 33.7 Å². The number of hydrogen-bond donors (Lipinski definition) is 1. The van der Waals surface area contributed by atoms with Gasteiger partial charge < -0.3 is 5.32 Å². The van der Waals surface area contributed by atoms with Gasteiger partial charge >= 0.3 is 0 Å². The molecule has 0 bridgehead atoms. The summed E-state index contributed by atoms with van der Waals surface area (Å²) >= 11 is 0. The lowest BCUT2D eigenvalue weighted by atomic mass is 10.0. The number of carbonyl (C=O) groups excluding carboxylic acids is 1. The Balaban J connectivity index is 1.78. The molecular formula is C22H20N4O3S. The first kappa shape index (κ1) is 19.8. The molecule has 0 aliphatic carbocycles. The van der Waals surface area contributed by atoms with Gasteiger partial charge in [0.15, 0.2) is 15.5 Å². The van der Waals surface area contributed by atoms with Gasteiger partial charge in [0, 0.05) is 24.6 Å². The van der Waals surface area contributed by atoms with Gasteiger partial charge in [-0.25, -0.2) is 13.4 Å². The number of pyridine rings is 1. The first-order valence-corrected chi connectivity index (χ1v) is 11.1. The summed E-state index contributed by atoms with van der Waals surface area (Å²) in [5, 5.41) is 7.95. The van der Waals surface area contributed by atoms with Crippen molar-refractivity contribution in [2.24, 2.45) is 7.05 Å². The molecule has 0 saturated heterocycles. The van der Waals surface area contributed by atoms with Crippen LogP contribution in [-0.2, 0) is 16.9 Å². The highest BCUT2D eigenvalue weighted by molar-refractivity contribution is 7.90. The van der Waals surface area contributed by atoms with E-state index in [1.165, 1.54) is 12.1 Å². The van der Waals surface area contributed by atoms with Crippen molar-refractivity contribution in [3.63, 3.8) is 0 Å². The van der Waals surface area contributed by atoms with E-state index >= 15 is 0 Å². The van der Waals surface area contributed by atoms with E-state index in [1.807, 2.05) is 37.3 Å². The second kappa shape index (κ2) is 7.38. The number of hydrogen-bond acceptors (Lipinski definition) is 5. The molecule has 0 radical (unpaired) electrons. The molecule has 8 heteroatoms. The largest absolute Gasteiger partial charge is 0.322 e. The topological polar surface area (TPSA) is 93.9 Å². The minimum Gasteiger partial charge on any atom is -0.322 e. The van der Waals surface area contributed by atoms with Gasteiger partial charge in [-0.2, -0.15) is 5.10 Å². The van der Waals surface area contributed by atoms with E-state index in [0.717, 1.165) is 11.8 Å². The predicted molar refractivity (Wildman–Crippen MR) is 116 cm³/mol. The molecule has 152 valence electrons. The van der Waals surface area contributed by atoms with Gasteiger partial charge in [0.2, 0.25) is 0 Å². The highest BCUT2D eigenvalue weighted by Gasteiger charge is 2.19. The number of aromatic nitrogens is 3. The van der Waals surface area contributed by atoms with Gasteiger partial charge in [-0.05, 0) is 37.3 Å². The number of amides is 1. The van der Waals surface area contributed by atoms with Crippen molar-refractivity contribution < 1.29 is 13.2 Å². The molecule has 0 aliphatic heterocycles. The van der Waals surface area contributed by atoms with Crippen LogP contribution in [0.5, 0.6) is 0 Å². The molecule has 0 saturated carbocycles. The summed E-state index contributed by atoms with van der Waals surface area (Å²) in [6.07, 6.45) is 1.14. The fraction of sp³-hybridized carbons (Fsp3) is 0.136. The van der Waals surface area contributed by atoms with Gasteiger partial charge in [-0.3, -0.25) is 9.48 Å². The van der Waals surface area contributed by atoms with Crippen molar-refractivity contribution in [1.29, 1.82) is 0 Å². The van der Waals surface area contributed by atoms with Crippen LogP contribution in [-0.4, -0.2) is 35.3 Å². The van der Waals surface area contributed by atoms with Crippen LogP contribution >= 0.6 is 0 Å². The SMILES string of the molecule is Cc1nn(C)c2nc(-c3ccccc3)cc(C(=O)Nc3ccc(S(C)(=O)=O)cc3)c12. The van der Waals surface area contributed by atoms with Crippen LogP contribution in [0.4, 0.5) is 5.69 Å². The number of nitrogens with zero attached hydrogens (tertiary/aromatic N) is 3. The Labute approximate surface area is 174 Å². The number of benzene rings is 2. The number of sulfone groups is 1. The van der Waals surface area contributed by atoms with E-state index < -0.39 is 9.84 Å². The monoisotopic (exact) mass is 420 g/mol. The van der Waals surface area contributed by atoms with Crippen molar-refractivity contribution in [2.75, 3.05) is 11.6 Å². The molecule has 4 rings (SSSR count). The molecule has 1 amide bonds. The third-order valence-corrected chi connectivity index (χ3v) is 5.95. The minimum absolute atomic E-state index is 0.196. The average molecular weight is 420 g/mol. The van der Waals surface area contributed by atoms with Crippen LogP contribution in [0.2, 0.25) is 0 Å². The second-order valence-corrected chi connectivity index (χ2v) is 9.10. The van der Waals surface area contributed by atoms with E-state index in [2.05, 4.69) is 10.4 Å². The van der Waals surface area contributed by atoms with Crippen molar-refractivity contribution in [3.8, 4) is 11.3 Å². The zero-order chi connectivity index (χ0) is 21.5. The van der Waals surface area contributed by atoms with Crippen LogP contribution in [0, 0.1) is 6.92 Å². The van der Waals surface area contributed by atoms with Gasteiger partial charge in [0.05, 0.1) is 27.2 Å². The Morgan fingerprint density at radius 3 is 2.33 bits per heavy atom. The van der Waals surface area contributed by atoms with Crippen molar-refractivity contribution in [2.45, 2.75) is 11.8 Å². The maximum Gasteiger partial charge on any atom is 0.256 e. The highest BCUT2D eigenvalue weighted by Crippen LogP contribution is 2.27. The Kier molecular flexibility index (Phi) is 4.87. The zero-order valence-electron chi connectivity index (χ0n) is 16.7. The number of rotatable bonds is 4. The normalized spacial score (nSPS) is 11.6. The standard InChI is InChI=1S/C22H20N4O3S/c1-14-20-18(22(27)23-16-9-11-17(12-10-16)30(3,28)29)13-19(15-7-5-4-6-8-15)24-21(20)26(2)25-14/h4-13H,1-3H3,(H,23,27). The number of fused-ring (bicyclic) bond motifs is 1. The van der Waals surface area contributed by atoms with Crippen LogP contribution in [0.3, 0.4) is 0 Å². The molecule has 2 aromatic heterocycles. The maximum absolute atomic E-state index is 13.2. The van der Waals surface area contributed by atoms with E-state index in [9.17, 15) is 13.2 Å². The number of aryl methyl sites for hydroxylation is 2. The minimum atomic E-state index is -3.30. The third-order valence-electron chi connectivity index (χ3n) is 4.82. The lowest BCUT2D eigenvalue weighted by molar-refractivity contribution is 0.102. The van der Waals surface area contributed by atoms with Crippen molar-refractivity contribution in [1.82, 2.24) is 14.8 Å². The van der Waals surface area contributed by atoms with Crippen LogP contribution in [0.1, 0.15) is 16.1 Å².